The first-order valence-electron chi connectivity index (χ1n) is 8.64. The Kier molecular flexibility index (Phi) is 6.01. The minimum absolute atomic E-state index is 0.00513. The van der Waals surface area contributed by atoms with Gasteiger partial charge in [0.15, 0.2) is 0 Å². The van der Waals surface area contributed by atoms with Gasteiger partial charge in [-0.2, -0.15) is 0 Å². The molecule has 1 saturated heterocycles. The summed E-state index contributed by atoms with van der Waals surface area (Å²) < 4.78 is 18.7. The van der Waals surface area contributed by atoms with Crippen LogP contribution in [0.3, 0.4) is 0 Å². The second kappa shape index (κ2) is 8.43. The molecule has 2 aromatic carbocycles. The van der Waals surface area contributed by atoms with E-state index in [0.717, 1.165) is 5.56 Å². The summed E-state index contributed by atoms with van der Waals surface area (Å²) in [4.78, 5) is 26.5. The maximum absolute atomic E-state index is 13.2. The highest BCUT2D eigenvalue weighted by molar-refractivity contribution is 8.01. The molecule has 2 amide bonds. The Balaban J connectivity index is 1.69. The number of nitrogens with one attached hydrogen (secondary N) is 1. The fourth-order valence-corrected chi connectivity index (χ4v) is 4.36. The molecule has 27 heavy (non-hydrogen) atoms. The van der Waals surface area contributed by atoms with E-state index in [9.17, 15) is 14.0 Å². The van der Waals surface area contributed by atoms with Gasteiger partial charge in [0.2, 0.25) is 11.8 Å². The van der Waals surface area contributed by atoms with Crippen molar-refractivity contribution in [3.63, 3.8) is 0 Å². The van der Waals surface area contributed by atoms with Crippen LogP contribution in [0.5, 0.6) is 5.75 Å². The van der Waals surface area contributed by atoms with Crippen LogP contribution in [0.4, 0.5) is 10.1 Å². The number of anilines is 1. The summed E-state index contributed by atoms with van der Waals surface area (Å²) >= 11 is 1.54. The summed E-state index contributed by atoms with van der Waals surface area (Å²) in [6.07, 6.45) is 0.126. The van der Waals surface area contributed by atoms with Crippen LogP contribution in [0.15, 0.2) is 48.5 Å². The van der Waals surface area contributed by atoms with Gasteiger partial charge in [-0.3, -0.25) is 9.59 Å². The Labute approximate surface area is 161 Å². The van der Waals surface area contributed by atoms with Crippen molar-refractivity contribution in [3.8, 4) is 5.75 Å². The van der Waals surface area contributed by atoms with Crippen molar-refractivity contribution in [3.05, 3.63) is 59.9 Å². The lowest BCUT2D eigenvalue weighted by Crippen LogP contribution is -2.33. The number of amides is 2. The predicted octanol–water partition coefficient (Wildman–Crippen LogP) is 3.83. The molecule has 1 N–H and O–H groups in total. The molecule has 7 heteroatoms. The second-order valence-electron chi connectivity index (χ2n) is 6.21. The average Bonchev–Trinajstić information content (AvgIpc) is 2.94. The Morgan fingerprint density at radius 2 is 2.04 bits per heavy atom. The minimum Gasteiger partial charge on any atom is -0.496 e. The van der Waals surface area contributed by atoms with E-state index in [-0.39, 0.29) is 35.4 Å². The highest BCUT2D eigenvalue weighted by Crippen LogP contribution is 2.45. The van der Waals surface area contributed by atoms with Crippen molar-refractivity contribution < 1.29 is 18.7 Å². The normalized spacial score (nSPS) is 19.2. The van der Waals surface area contributed by atoms with Gasteiger partial charge in [0.1, 0.15) is 16.9 Å². The van der Waals surface area contributed by atoms with Crippen LogP contribution in [-0.2, 0) is 9.59 Å². The highest BCUT2D eigenvalue weighted by Gasteiger charge is 2.39. The van der Waals surface area contributed by atoms with Crippen molar-refractivity contribution in [1.82, 2.24) is 4.90 Å². The predicted molar refractivity (Wildman–Crippen MR) is 104 cm³/mol. The summed E-state index contributed by atoms with van der Waals surface area (Å²) in [5, 5.41) is 2.27. The molecule has 0 aromatic heterocycles. The lowest BCUT2D eigenvalue weighted by atomic mass is 10.1. The van der Waals surface area contributed by atoms with Crippen molar-refractivity contribution in [2.45, 2.75) is 24.0 Å². The maximum atomic E-state index is 13.2. The molecule has 1 heterocycles. The third-order valence-corrected chi connectivity index (χ3v) is 5.72. The molecular formula is C20H21FN2O3S. The van der Waals surface area contributed by atoms with E-state index in [1.807, 2.05) is 31.2 Å². The van der Waals surface area contributed by atoms with Crippen molar-refractivity contribution in [2.24, 2.45) is 0 Å². The van der Waals surface area contributed by atoms with Crippen LogP contribution in [-0.4, -0.2) is 35.6 Å². The van der Waals surface area contributed by atoms with Gasteiger partial charge in [-0.15, -0.1) is 11.8 Å². The number of methoxy groups -OCH3 is 1. The number of rotatable bonds is 6. The van der Waals surface area contributed by atoms with Gasteiger partial charge in [0.05, 0.1) is 12.4 Å². The molecule has 0 unspecified atom stereocenters. The number of carbonyl (C=O) groups is 2. The number of hydrogen-bond donors (Lipinski definition) is 1. The third-order valence-electron chi connectivity index (χ3n) is 4.34. The number of nitrogens with zero attached hydrogens (tertiary/aromatic N) is 1. The fraction of sp³-hybridized carbons (Fsp3) is 0.300. The zero-order valence-electron chi connectivity index (χ0n) is 15.1. The summed E-state index contributed by atoms with van der Waals surface area (Å²) in [6.45, 7) is 2.14. The number of hydrogen-bond acceptors (Lipinski definition) is 4. The van der Waals surface area contributed by atoms with Gasteiger partial charge in [0.25, 0.3) is 0 Å². The zero-order chi connectivity index (χ0) is 19.4. The highest BCUT2D eigenvalue weighted by atomic mass is 32.2. The molecule has 3 rings (SSSR count). The molecule has 2 aromatic rings. The van der Waals surface area contributed by atoms with Crippen LogP contribution in [0.1, 0.15) is 24.3 Å². The van der Waals surface area contributed by atoms with E-state index in [0.29, 0.717) is 11.4 Å². The minimum atomic E-state index is -0.413. The van der Waals surface area contributed by atoms with Gasteiger partial charge in [-0.25, -0.2) is 4.39 Å². The molecule has 1 aliphatic rings. The average molecular weight is 388 g/mol. The van der Waals surface area contributed by atoms with Gasteiger partial charge < -0.3 is 15.0 Å². The molecule has 5 nitrogen and oxygen atoms in total. The van der Waals surface area contributed by atoms with E-state index in [1.165, 1.54) is 30.0 Å². The van der Waals surface area contributed by atoms with Crippen LogP contribution < -0.4 is 10.1 Å². The maximum Gasteiger partial charge on any atom is 0.236 e. The molecule has 1 aliphatic heterocycles. The van der Waals surface area contributed by atoms with E-state index in [2.05, 4.69) is 5.32 Å². The van der Waals surface area contributed by atoms with Crippen molar-refractivity contribution >= 4 is 29.3 Å². The van der Waals surface area contributed by atoms with E-state index in [4.69, 9.17) is 4.74 Å². The first-order valence-corrected chi connectivity index (χ1v) is 9.58. The van der Waals surface area contributed by atoms with Crippen LogP contribution in [0.2, 0.25) is 0 Å². The van der Waals surface area contributed by atoms with Crippen LogP contribution in [0.25, 0.3) is 0 Å². The molecular weight excluding hydrogens is 367 g/mol. The number of benzene rings is 2. The Morgan fingerprint density at radius 3 is 2.78 bits per heavy atom. The number of carbonyl (C=O) groups excluding carboxylic acids is 2. The lowest BCUT2D eigenvalue weighted by molar-refractivity contribution is -0.130. The molecule has 0 saturated carbocycles. The topological polar surface area (TPSA) is 58.6 Å². The van der Waals surface area contributed by atoms with Crippen LogP contribution in [0, 0.1) is 5.82 Å². The van der Waals surface area contributed by atoms with E-state index >= 15 is 0 Å². The van der Waals surface area contributed by atoms with Crippen molar-refractivity contribution in [2.75, 3.05) is 19.0 Å². The standard InChI is InChI=1S/C20H21FN2O3S/c1-13-19(25)23(20(27-13)16-8-3-4-9-17(16)26-2)11-10-18(24)22-15-7-5-6-14(21)12-15/h3-9,12-13,20H,10-11H2,1-2H3,(H,22,24)/t13-,20-/m1/s1. The summed E-state index contributed by atoms with van der Waals surface area (Å²) in [7, 11) is 1.60. The molecule has 142 valence electrons. The Hall–Kier alpha value is -2.54. The van der Waals surface area contributed by atoms with Gasteiger partial charge in [0, 0.05) is 24.2 Å². The zero-order valence-corrected chi connectivity index (χ0v) is 16.0. The SMILES string of the molecule is COc1ccccc1[C@H]1S[C@H](C)C(=O)N1CCC(=O)Nc1cccc(F)c1. The van der Waals surface area contributed by atoms with E-state index in [1.54, 1.807) is 18.1 Å². The molecule has 1 fully saturated rings. The van der Waals surface area contributed by atoms with E-state index < -0.39 is 5.82 Å². The van der Waals surface area contributed by atoms with Crippen LogP contribution >= 0.6 is 11.8 Å². The third kappa shape index (κ3) is 4.42. The Bertz CT molecular complexity index is 845. The molecule has 0 aliphatic carbocycles. The first kappa shape index (κ1) is 19.2. The molecule has 0 spiro atoms. The monoisotopic (exact) mass is 388 g/mol. The molecule has 0 radical (unpaired) electrons. The van der Waals surface area contributed by atoms with Gasteiger partial charge in [-0.1, -0.05) is 24.3 Å². The lowest BCUT2D eigenvalue weighted by Gasteiger charge is -2.25. The molecule has 0 bridgehead atoms. The summed E-state index contributed by atoms with van der Waals surface area (Å²) in [5.74, 6) is 0.0290. The first-order chi connectivity index (χ1) is 13.0. The van der Waals surface area contributed by atoms with Gasteiger partial charge in [-0.05, 0) is 31.2 Å². The molecule has 2 atom stereocenters. The van der Waals surface area contributed by atoms with Gasteiger partial charge >= 0.3 is 0 Å². The Morgan fingerprint density at radius 1 is 1.26 bits per heavy atom. The quantitative estimate of drug-likeness (QED) is 0.817. The number of thioether (sulfide) groups is 1. The summed E-state index contributed by atoms with van der Waals surface area (Å²) in [5.41, 5.74) is 1.31. The van der Waals surface area contributed by atoms with Crippen molar-refractivity contribution in [1.29, 1.82) is 0 Å². The fourth-order valence-electron chi connectivity index (χ4n) is 3.02. The smallest absolute Gasteiger partial charge is 0.236 e. The number of para-hydroxylation sites is 1. The number of halogens is 1. The number of ether oxygens (including phenoxy) is 1. The second-order valence-corrected chi connectivity index (χ2v) is 7.64. The largest absolute Gasteiger partial charge is 0.496 e. The summed E-state index contributed by atoms with van der Waals surface area (Å²) in [6, 6.07) is 13.3.